The van der Waals surface area contributed by atoms with Gasteiger partial charge in [0.05, 0.1) is 5.69 Å². The molecule has 24 heavy (non-hydrogen) atoms. The fraction of sp³-hybridized carbons (Fsp3) is 0.550. The third-order valence-electron chi connectivity index (χ3n) is 4.53. The van der Waals surface area contributed by atoms with Crippen LogP contribution in [0.1, 0.15) is 51.3 Å². The van der Waals surface area contributed by atoms with Crippen LogP contribution in [-0.2, 0) is 6.54 Å². The summed E-state index contributed by atoms with van der Waals surface area (Å²) in [6, 6.07) is 8.64. The monoisotopic (exact) mass is 345 g/mol. The van der Waals surface area contributed by atoms with Gasteiger partial charge in [-0.25, -0.2) is 4.99 Å². The minimum atomic E-state index is 0.563. The zero-order valence-corrected chi connectivity index (χ0v) is 16.6. The lowest BCUT2D eigenvalue weighted by atomic mass is 10.0. The van der Waals surface area contributed by atoms with Crippen molar-refractivity contribution in [3.63, 3.8) is 0 Å². The van der Waals surface area contributed by atoms with Gasteiger partial charge in [-0.05, 0) is 56.6 Å². The van der Waals surface area contributed by atoms with Crippen molar-refractivity contribution in [1.82, 2.24) is 9.47 Å². The van der Waals surface area contributed by atoms with Crippen molar-refractivity contribution < 1.29 is 0 Å². The maximum absolute atomic E-state index is 4.87. The fourth-order valence-electron chi connectivity index (χ4n) is 2.81. The van der Waals surface area contributed by atoms with Crippen LogP contribution >= 0.6 is 11.3 Å². The van der Waals surface area contributed by atoms with Crippen molar-refractivity contribution >= 4 is 17.0 Å². The van der Waals surface area contributed by atoms with Gasteiger partial charge in [-0.1, -0.05) is 39.8 Å². The molecule has 0 saturated heterocycles. The Morgan fingerprint density at radius 2 is 1.79 bits per heavy atom. The van der Waals surface area contributed by atoms with Crippen LogP contribution in [-0.4, -0.2) is 29.1 Å². The summed E-state index contributed by atoms with van der Waals surface area (Å²) in [5, 5.41) is 2.21. The molecule has 0 amide bonds. The van der Waals surface area contributed by atoms with Gasteiger partial charge in [0.25, 0.3) is 0 Å². The molecule has 0 unspecified atom stereocenters. The Bertz CT molecular complexity index is 676. The van der Waals surface area contributed by atoms with Crippen LogP contribution in [0.3, 0.4) is 0 Å². The standard InChI is InChI=1S/C20H31N3S/c1-6-22(7-2)13-8-14-23-17(5)15-24-20(23)21-19-11-9-18(10-12-19)16(3)4/h9-12,15-16H,6-8,13-14H2,1-5H3. The van der Waals surface area contributed by atoms with E-state index in [1.165, 1.54) is 17.7 Å². The molecule has 0 bridgehead atoms. The second-order valence-electron chi connectivity index (χ2n) is 6.55. The second-order valence-corrected chi connectivity index (χ2v) is 7.39. The molecule has 0 spiro atoms. The largest absolute Gasteiger partial charge is 0.321 e. The van der Waals surface area contributed by atoms with E-state index in [1.807, 2.05) is 0 Å². The highest BCUT2D eigenvalue weighted by Crippen LogP contribution is 2.18. The topological polar surface area (TPSA) is 20.5 Å². The van der Waals surface area contributed by atoms with E-state index >= 15 is 0 Å². The van der Waals surface area contributed by atoms with Gasteiger partial charge in [0, 0.05) is 17.6 Å². The van der Waals surface area contributed by atoms with E-state index < -0.39 is 0 Å². The van der Waals surface area contributed by atoms with E-state index in [0.717, 1.165) is 36.7 Å². The van der Waals surface area contributed by atoms with E-state index in [2.05, 4.69) is 73.7 Å². The van der Waals surface area contributed by atoms with Gasteiger partial charge < -0.3 is 9.47 Å². The number of thiazole rings is 1. The SMILES string of the molecule is CCN(CC)CCCn1c(C)csc1=Nc1ccc(C(C)C)cc1. The quantitative estimate of drug-likeness (QED) is 0.663. The van der Waals surface area contributed by atoms with Crippen molar-refractivity contribution in [2.45, 2.75) is 53.5 Å². The van der Waals surface area contributed by atoms with Gasteiger partial charge in [0.1, 0.15) is 0 Å². The number of hydrogen-bond donors (Lipinski definition) is 0. The molecule has 0 N–H and O–H groups in total. The van der Waals surface area contributed by atoms with Gasteiger partial charge in [-0.15, -0.1) is 11.3 Å². The first kappa shape index (κ1) is 18.9. The summed E-state index contributed by atoms with van der Waals surface area (Å²) < 4.78 is 2.35. The first-order valence-electron chi connectivity index (χ1n) is 9.07. The molecule has 2 rings (SSSR count). The number of aromatic nitrogens is 1. The molecule has 0 atom stereocenters. The number of hydrogen-bond acceptors (Lipinski definition) is 3. The third-order valence-corrected chi connectivity index (χ3v) is 5.51. The summed E-state index contributed by atoms with van der Waals surface area (Å²) in [6.07, 6.45) is 1.17. The Labute approximate surface area is 150 Å². The van der Waals surface area contributed by atoms with Gasteiger partial charge >= 0.3 is 0 Å². The molecule has 0 fully saturated rings. The number of rotatable bonds is 8. The van der Waals surface area contributed by atoms with Crippen LogP contribution in [0.15, 0.2) is 34.6 Å². The van der Waals surface area contributed by atoms with Crippen molar-refractivity contribution in [1.29, 1.82) is 0 Å². The molecular formula is C20H31N3S. The fourth-order valence-corrected chi connectivity index (χ4v) is 3.74. The van der Waals surface area contributed by atoms with Crippen molar-refractivity contribution in [3.8, 4) is 0 Å². The van der Waals surface area contributed by atoms with Crippen molar-refractivity contribution in [2.24, 2.45) is 4.99 Å². The second kappa shape index (κ2) is 9.19. The lowest BCUT2D eigenvalue weighted by molar-refractivity contribution is 0.292. The molecule has 1 aromatic carbocycles. The predicted molar refractivity (Wildman–Crippen MR) is 105 cm³/mol. The van der Waals surface area contributed by atoms with Crippen LogP contribution < -0.4 is 4.80 Å². The van der Waals surface area contributed by atoms with E-state index in [-0.39, 0.29) is 0 Å². The predicted octanol–water partition coefficient (Wildman–Crippen LogP) is 4.95. The summed E-state index contributed by atoms with van der Waals surface area (Å²) in [5.74, 6) is 0.563. The van der Waals surface area contributed by atoms with Crippen LogP contribution in [0.2, 0.25) is 0 Å². The van der Waals surface area contributed by atoms with Crippen LogP contribution in [0.5, 0.6) is 0 Å². The van der Waals surface area contributed by atoms with E-state index in [9.17, 15) is 0 Å². The molecular weight excluding hydrogens is 314 g/mol. The highest BCUT2D eigenvalue weighted by molar-refractivity contribution is 7.07. The molecule has 0 saturated carbocycles. The highest BCUT2D eigenvalue weighted by Gasteiger charge is 2.04. The first-order valence-corrected chi connectivity index (χ1v) is 9.95. The molecule has 3 nitrogen and oxygen atoms in total. The Kier molecular flexibility index (Phi) is 7.25. The number of aryl methyl sites for hydroxylation is 1. The maximum Gasteiger partial charge on any atom is 0.190 e. The molecule has 1 aromatic heterocycles. The van der Waals surface area contributed by atoms with Gasteiger partial charge in [-0.3, -0.25) is 0 Å². The van der Waals surface area contributed by atoms with Crippen molar-refractivity contribution in [3.05, 3.63) is 45.7 Å². The normalized spacial score (nSPS) is 12.5. The summed E-state index contributed by atoms with van der Waals surface area (Å²) in [7, 11) is 0. The summed E-state index contributed by atoms with van der Waals surface area (Å²) in [5.41, 5.74) is 3.71. The van der Waals surface area contributed by atoms with E-state index in [4.69, 9.17) is 4.99 Å². The zero-order valence-electron chi connectivity index (χ0n) is 15.7. The summed E-state index contributed by atoms with van der Waals surface area (Å²) in [6.45, 7) is 15.5. The Balaban J connectivity index is 2.13. The minimum Gasteiger partial charge on any atom is -0.321 e. The molecule has 4 heteroatoms. The molecule has 0 radical (unpaired) electrons. The van der Waals surface area contributed by atoms with E-state index in [1.54, 1.807) is 11.3 Å². The Morgan fingerprint density at radius 3 is 2.38 bits per heavy atom. The summed E-state index contributed by atoms with van der Waals surface area (Å²) in [4.78, 5) is 8.45. The average molecular weight is 346 g/mol. The Morgan fingerprint density at radius 1 is 1.12 bits per heavy atom. The summed E-state index contributed by atoms with van der Waals surface area (Å²) >= 11 is 1.73. The van der Waals surface area contributed by atoms with Gasteiger partial charge in [0.15, 0.2) is 4.80 Å². The van der Waals surface area contributed by atoms with Gasteiger partial charge in [0.2, 0.25) is 0 Å². The number of nitrogens with zero attached hydrogens (tertiary/aromatic N) is 3. The average Bonchev–Trinajstić information content (AvgIpc) is 2.92. The maximum atomic E-state index is 4.87. The van der Waals surface area contributed by atoms with E-state index in [0.29, 0.717) is 5.92 Å². The molecule has 0 aliphatic rings. The first-order chi connectivity index (χ1) is 11.5. The van der Waals surface area contributed by atoms with Crippen molar-refractivity contribution in [2.75, 3.05) is 19.6 Å². The molecule has 2 aromatic rings. The molecule has 0 aliphatic heterocycles. The smallest absolute Gasteiger partial charge is 0.190 e. The highest BCUT2D eigenvalue weighted by atomic mass is 32.1. The third kappa shape index (κ3) is 5.05. The zero-order chi connectivity index (χ0) is 17.5. The lowest BCUT2D eigenvalue weighted by Crippen LogP contribution is -2.26. The van der Waals surface area contributed by atoms with Crippen LogP contribution in [0.25, 0.3) is 0 Å². The van der Waals surface area contributed by atoms with Gasteiger partial charge in [-0.2, -0.15) is 0 Å². The molecule has 1 heterocycles. The molecule has 132 valence electrons. The Hall–Kier alpha value is -1.39. The van der Waals surface area contributed by atoms with Crippen LogP contribution in [0, 0.1) is 6.92 Å². The minimum absolute atomic E-state index is 0.563. The van der Waals surface area contributed by atoms with Crippen LogP contribution in [0.4, 0.5) is 5.69 Å². The molecule has 0 aliphatic carbocycles. The lowest BCUT2D eigenvalue weighted by Gasteiger charge is -2.18. The number of benzene rings is 1.